The van der Waals surface area contributed by atoms with E-state index in [-0.39, 0.29) is 17.6 Å². The quantitative estimate of drug-likeness (QED) is 0.751. The predicted molar refractivity (Wildman–Crippen MR) is 70.0 cm³/mol. The number of aliphatic hydroxyl groups excluding tert-OH is 1. The molecule has 2 rings (SSSR count). The highest BCUT2D eigenvalue weighted by atomic mass is 16.3. The third kappa shape index (κ3) is 2.14. The van der Waals surface area contributed by atoms with Gasteiger partial charge in [0.05, 0.1) is 11.7 Å². The van der Waals surface area contributed by atoms with Crippen LogP contribution in [0.2, 0.25) is 0 Å². The van der Waals surface area contributed by atoms with Crippen molar-refractivity contribution >= 4 is 5.78 Å². The van der Waals surface area contributed by atoms with Crippen LogP contribution in [0.1, 0.15) is 47.0 Å². The highest BCUT2D eigenvalue weighted by Gasteiger charge is 2.45. The van der Waals surface area contributed by atoms with E-state index in [0.717, 1.165) is 24.0 Å². The number of aliphatic hydroxyl groups is 2. The summed E-state index contributed by atoms with van der Waals surface area (Å²) < 4.78 is 0. The number of hydrogen-bond acceptors (Lipinski definition) is 3. The maximum absolute atomic E-state index is 11.9. The molecule has 102 valence electrons. The molecule has 0 heterocycles. The number of Topliss-reactive ketones (excluding diaryl/α,β-unsaturated/α-hetero) is 1. The lowest BCUT2D eigenvalue weighted by Crippen LogP contribution is -2.40. The summed E-state index contributed by atoms with van der Waals surface area (Å²) in [4.78, 5) is 11.9. The number of allylic oxidation sites excluding steroid dienone is 1. The van der Waals surface area contributed by atoms with Gasteiger partial charge in [0, 0.05) is 12.3 Å². The van der Waals surface area contributed by atoms with Crippen molar-refractivity contribution in [3.05, 3.63) is 11.1 Å². The van der Waals surface area contributed by atoms with Crippen LogP contribution in [0.15, 0.2) is 11.1 Å². The van der Waals surface area contributed by atoms with Crippen molar-refractivity contribution in [1.29, 1.82) is 0 Å². The first kappa shape index (κ1) is 13.8. The second-order valence-corrected chi connectivity index (χ2v) is 6.57. The third-order valence-corrected chi connectivity index (χ3v) is 4.88. The molecule has 1 fully saturated rings. The molecule has 0 amide bonds. The Balaban J connectivity index is 2.42. The van der Waals surface area contributed by atoms with E-state index < -0.39 is 11.7 Å². The van der Waals surface area contributed by atoms with Gasteiger partial charge in [-0.25, -0.2) is 0 Å². The predicted octanol–water partition coefficient (Wildman–Crippen LogP) is 2.07. The Morgan fingerprint density at radius 2 is 1.89 bits per heavy atom. The van der Waals surface area contributed by atoms with Gasteiger partial charge in [0.1, 0.15) is 0 Å². The number of ketones is 1. The van der Waals surface area contributed by atoms with Crippen LogP contribution in [0.4, 0.5) is 0 Å². The van der Waals surface area contributed by atoms with Gasteiger partial charge in [0.2, 0.25) is 0 Å². The van der Waals surface area contributed by atoms with Crippen LogP contribution < -0.4 is 0 Å². The fraction of sp³-hybridized carbons (Fsp3) is 0.800. The van der Waals surface area contributed by atoms with Crippen LogP contribution >= 0.6 is 0 Å². The van der Waals surface area contributed by atoms with Gasteiger partial charge in [0.25, 0.3) is 0 Å². The molecule has 0 aromatic carbocycles. The van der Waals surface area contributed by atoms with Crippen molar-refractivity contribution in [2.75, 3.05) is 0 Å². The number of carbonyl (C=O) groups excluding carboxylic acids is 1. The summed E-state index contributed by atoms with van der Waals surface area (Å²) in [5.74, 6) is 0.571. The zero-order valence-electron chi connectivity index (χ0n) is 11.7. The Morgan fingerprint density at radius 1 is 1.28 bits per heavy atom. The van der Waals surface area contributed by atoms with E-state index in [2.05, 4.69) is 6.92 Å². The lowest BCUT2D eigenvalue weighted by atomic mass is 9.80. The van der Waals surface area contributed by atoms with Crippen molar-refractivity contribution in [3.63, 3.8) is 0 Å². The maximum Gasteiger partial charge on any atom is 0.159 e. The van der Waals surface area contributed by atoms with Gasteiger partial charge < -0.3 is 10.2 Å². The van der Waals surface area contributed by atoms with Crippen molar-refractivity contribution in [1.82, 2.24) is 0 Å². The lowest BCUT2D eigenvalue weighted by molar-refractivity contribution is -0.115. The molecule has 0 aliphatic heterocycles. The van der Waals surface area contributed by atoms with E-state index in [9.17, 15) is 15.0 Å². The van der Waals surface area contributed by atoms with E-state index in [1.807, 2.05) is 6.92 Å². The Labute approximate surface area is 109 Å². The van der Waals surface area contributed by atoms with Gasteiger partial charge >= 0.3 is 0 Å². The fourth-order valence-corrected chi connectivity index (χ4v) is 3.61. The minimum absolute atomic E-state index is 0.164. The molecule has 3 nitrogen and oxygen atoms in total. The molecule has 2 N–H and O–H groups in total. The SMILES string of the molecule is CC1=C2[C@@H](O)[C@H](C(C)(C)O)CC[C@H](C)[C@@H]2CC1=O. The number of carbonyl (C=O) groups is 1. The smallest absolute Gasteiger partial charge is 0.159 e. The molecular formula is C15H24O3. The zero-order chi connectivity index (χ0) is 13.7. The summed E-state index contributed by atoms with van der Waals surface area (Å²) in [5.41, 5.74) is 0.722. The van der Waals surface area contributed by atoms with Crippen molar-refractivity contribution in [2.24, 2.45) is 17.8 Å². The van der Waals surface area contributed by atoms with Crippen LogP contribution in [-0.4, -0.2) is 27.7 Å². The third-order valence-electron chi connectivity index (χ3n) is 4.88. The lowest BCUT2D eigenvalue weighted by Gasteiger charge is -2.33. The summed E-state index contributed by atoms with van der Waals surface area (Å²) in [7, 11) is 0. The molecule has 2 aliphatic carbocycles. The maximum atomic E-state index is 11.9. The van der Waals surface area contributed by atoms with E-state index in [4.69, 9.17) is 0 Å². The van der Waals surface area contributed by atoms with Gasteiger partial charge in [-0.3, -0.25) is 4.79 Å². The summed E-state index contributed by atoms with van der Waals surface area (Å²) in [6.45, 7) is 7.47. The average molecular weight is 252 g/mol. The minimum Gasteiger partial charge on any atom is -0.390 e. The Bertz CT molecular complexity index is 389. The first-order valence-corrected chi connectivity index (χ1v) is 6.87. The van der Waals surface area contributed by atoms with Crippen molar-refractivity contribution < 1.29 is 15.0 Å². The van der Waals surface area contributed by atoms with Gasteiger partial charge in [-0.15, -0.1) is 0 Å². The zero-order valence-corrected chi connectivity index (χ0v) is 11.7. The molecule has 3 heteroatoms. The van der Waals surface area contributed by atoms with Crippen LogP contribution in [-0.2, 0) is 4.79 Å². The molecule has 0 unspecified atom stereocenters. The summed E-state index contributed by atoms with van der Waals surface area (Å²) in [5, 5.41) is 20.8. The van der Waals surface area contributed by atoms with E-state index in [0.29, 0.717) is 12.3 Å². The van der Waals surface area contributed by atoms with Crippen molar-refractivity contribution in [3.8, 4) is 0 Å². The van der Waals surface area contributed by atoms with Gasteiger partial charge in [-0.2, -0.15) is 0 Å². The van der Waals surface area contributed by atoms with Crippen LogP contribution in [0.3, 0.4) is 0 Å². The van der Waals surface area contributed by atoms with Gasteiger partial charge in [0.15, 0.2) is 5.78 Å². The molecule has 0 radical (unpaired) electrons. The first-order chi connectivity index (χ1) is 8.23. The highest BCUT2D eigenvalue weighted by Crippen LogP contribution is 2.46. The van der Waals surface area contributed by atoms with Crippen LogP contribution in [0.25, 0.3) is 0 Å². The fourth-order valence-electron chi connectivity index (χ4n) is 3.61. The van der Waals surface area contributed by atoms with Gasteiger partial charge in [-0.05, 0) is 56.6 Å². The normalized spacial score (nSPS) is 37.8. The van der Waals surface area contributed by atoms with Gasteiger partial charge in [-0.1, -0.05) is 6.92 Å². The number of rotatable bonds is 1. The number of fused-ring (bicyclic) bond motifs is 1. The molecule has 0 aromatic rings. The number of hydrogen-bond donors (Lipinski definition) is 2. The minimum atomic E-state index is -0.910. The monoisotopic (exact) mass is 252 g/mol. The van der Waals surface area contributed by atoms with Crippen LogP contribution in [0.5, 0.6) is 0 Å². The molecule has 1 saturated carbocycles. The second kappa shape index (κ2) is 4.46. The summed E-state index contributed by atoms with van der Waals surface area (Å²) >= 11 is 0. The summed E-state index contributed by atoms with van der Waals surface area (Å²) in [6, 6.07) is 0. The molecule has 18 heavy (non-hydrogen) atoms. The molecule has 0 saturated heterocycles. The van der Waals surface area contributed by atoms with E-state index in [1.54, 1.807) is 13.8 Å². The standard InChI is InChI=1S/C15H24O3/c1-8-5-6-11(15(3,4)18)14(17)13-9(2)12(16)7-10(8)13/h8,10-11,14,17-18H,5-7H2,1-4H3/t8-,10-,11+,14-/m0/s1. The largest absolute Gasteiger partial charge is 0.390 e. The molecule has 2 aliphatic rings. The average Bonchev–Trinajstić information content (AvgIpc) is 2.46. The first-order valence-electron chi connectivity index (χ1n) is 6.87. The molecule has 0 bridgehead atoms. The van der Waals surface area contributed by atoms with Crippen LogP contribution in [0, 0.1) is 17.8 Å². The molecule has 0 aromatic heterocycles. The Morgan fingerprint density at radius 3 is 2.44 bits per heavy atom. The Kier molecular flexibility index (Phi) is 3.41. The summed E-state index contributed by atoms with van der Waals surface area (Å²) in [6.07, 6.45) is 1.64. The highest BCUT2D eigenvalue weighted by molar-refractivity contribution is 5.98. The second-order valence-electron chi connectivity index (χ2n) is 6.57. The van der Waals surface area contributed by atoms with E-state index in [1.165, 1.54) is 0 Å². The topological polar surface area (TPSA) is 57.5 Å². The molecular weight excluding hydrogens is 228 g/mol. The van der Waals surface area contributed by atoms with Crippen molar-refractivity contribution in [2.45, 2.75) is 58.7 Å². The molecule has 0 spiro atoms. The molecule has 4 atom stereocenters. The van der Waals surface area contributed by atoms with E-state index >= 15 is 0 Å². The Hall–Kier alpha value is -0.670.